The van der Waals surface area contributed by atoms with Crippen LogP contribution in [0.1, 0.15) is 56.6 Å². The van der Waals surface area contributed by atoms with E-state index in [0.29, 0.717) is 10.0 Å². The lowest BCUT2D eigenvalue weighted by atomic mass is 9.85. The van der Waals surface area contributed by atoms with E-state index < -0.39 is 6.10 Å². The Morgan fingerprint density at radius 2 is 1.83 bits per heavy atom. The quantitative estimate of drug-likeness (QED) is 0.787. The maximum Gasteiger partial charge on any atom is 0.0790 e. The Kier molecular flexibility index (Phi) is 5.35. The van der Waals surface area contributed by atoms with E-state index in [-0.39, 0.29) is 0 Å². The van der Waals surface area contributed by atoms with Crippen LogP contribution in [0.3, 0.4) is 0 Å². The van der Waals surface area contributed by atoms with Gasteiger partial charge in [-0.15, -0.1) is 0 Å². The second kappa shape index (κ2) is 6.79. The molecule has 100 valence electrons. The summed E-state index contributed by atoms with van der Waals surface area (Å²) in [7, 11) is 0. The first-order chi connectivity index (χ1) is 8.66. The van der Waals surface area contributed by atoms with Gasteiger partial charge in [-0.2, -0.15) is 0 Å². The van der Waals surface area contributed by atoms with E-state index in [1.807, 2.05) is 6.07 Å². The molecule has 0 spiro atoms. The van der Waals surface area contributed by atoms with Crippen LogP contribution in [-0.2, 0) is 0 Å². The molecular formula is C15H20Cl2O. The fourth-order valence-corrected chi connectivity index (χ4v) is 3.06. The maximum absolute atomic E-state index is 10.2. The molecule has 18 heavy (non-hydrogen) atoms. The number of aliphatic hydroxyl groups is 1. The number of aliphatic hydroxyl groups excluding tert-OH is 1. The molecule has 0 aromatic heterocycles. The Labute approximate surface area is 119 Å². The molecule has 1 saturated carbocycles. The summed E-state index contributed by atoms with van der Waals surface area (Å²) in [5.41, 5.74) is 0.875. The Balaban J connectivity index is 1.86. The van der Waals surface area contributed by atoms with Gasteiger partial charge in [-0.3, -0.25) is 0 Å². The minimum absolute atomic E-state index is 0.415. The summed E-state index contributed by atoms with van der Waals surface area (Å²) in [6, 6.07) is 5.39. The smallest absolute Gasteiger partial charge is 0.0790 e. The van der Waals surface area contributed by atoms with Gasteiger partial charge in [0, 0.05) is 0 Å². The third kappa shape index (κ3) is 3.88. The Bertz CT molecular complexity index is 386. The highest BCUT2D eigenvalue weighted by Gasteiger charge is 2.16. The minimum atomic E-state index is -0.415. The van der Waals surface area contributed by atoms with Gasteiger partial charge >= 0.3 is 0 Å². The standard InChI is InChI=1S/C15H20Cl2O/c16-13-8-7-12(10-14(13)17)15(18)9-6-11-4-2-1-3-5-11/h7-8,10-11,15,18H,1-6,9H2. The van der Waals surface area contributed by atoms with Crippen molar-refractivity contribution in [2.45, 2.75) is 51.0 Å². The van der Waals surface area contributed by atoms with Crippen molar-refractivity contribution < 1.29 is 5.11 Å². The van der Waals surface area contributed by atoms with Gasteiger partial charge in [0.15, 0.2) is 0 Å². The number of hydrogen-bond donors (Lipinski definition) is 1. The lowest BCUT2D eigenvalue weighted by Gasteiger charge is -2.22. The van der Waals surface area contributed by atoms with Crippen molar-refractivity contribution in [3.63, 3.8) is 0 Å². The summed E-state index contributed by atoms with van der Waals surface area (Å²) in [6.07, 6.45) is 8.26. The van der Waals surface area contributed by atoms with Gasteiger partial charge < -0.3 is 5.11 Å². The van der Waals surface area contributed by atoms with Crippen LogP contribution in [0.25, 0.3) is 0 Å². The van der Waals surface area contributed by atoms with Crippen LogP contribution in [0.15, 0.2) is 18.2 Å². The molecule has 1 atom stereocenters. The molecule has 1 N–H and O–H groups in total. The summed E-state index contributed by atoms with van der Waals surface area (Å²) in [5.74, 6) is 0.802. The maximum atomic E-state index is 10.2. The predicted molar refractivity (Wildman–Crippen MR) is 77.2 cm³/mol. The summed E-state index contributed by atoms with van der Waals surface area (Å²) in [5, 5.41) is 11.2. The van der Waals surface area contributed by atoms with Gasteiger partial charge in [0.1, 0.15) is 0 Å². The number of hydrogen-bond acceptors (Lipinski definition) is 1. The van der Waals surface area contributed by atoms with Crippen molar-refractivity contribution in [3.8, 4) is 0 Å². The van der Waals surface area contributed by atoms with Crippen LogP contribution in [0.4, 0.5) is 0 Å². The molecule has 0 amide bonds. The number of halogens is 2. The molecule has 2 rings (SSSR count). The molecule has 3 heteroatoms. The van der Waals surface area contributed by atoms with Crippen molar-refractivity contribution in [3.05, 3.63) is 33.8 Å². The van der Waals surface area contributed by atoms with Crippen molar-refractivity contribution in [1.82, 2.24) is 0 Å². The SMILES string of the molecule is OC(CCC1CCCCC1)c1ccc(Cl)c(Cl)c1. The van der Waals surface area contributed by atoms with Crippen LogP contribution in [-0.4, -0.2) is 5.11 Å². The van der Waals surface area contributed by atoms with Crippen LogP contribution in [0.2, 0.25) is 10.0 Å². The van der Waals surface area contributed by atoms with Gasteiger partial charge in [-0.05, 0) is 36.5 Å². The van der Waals surface area contributed by atoms with E-state index in [4.69, 9.17) is 23.2 Å². The molecule has 1 unspecified atom stereocenters. The molecule has 1 aromatic carbocycles. The zero-order valence-electron chi connectivity index (χ0n) is 10.5. The van der Waals surface area contributed by atoms with E-state index in [0.717, 1.165) is 24.3 Å². The minimum Gasteiger partial charge on any atom is -0.388 e. The van der Waals surface area contributed by atoms with E-state index in [1.165, 1.54) is 32.1 Å². The van der Waals surface area contributed by atoms with E-state index in [9.17, 15) is 5.11 Å². The second-order valence-electron chi connectivity index (χ2n) is 5.27. The molecule has 1 aliphatic carbocycles. The molecule has 1 aromatic rings. The molecule has 1 aliphatic rings. The number of rotatable bonds is 4. The molecule has 0 aliphatic heterocycles. The fraction of sp³-hybridized carbons (Fsp3) is 0.600. The molecule has 0 saturated heterocycles. The van der Waals surface area contributed by atoms with Crippen LogP contribution in [0, 0.1) is 5.92 Å². The first-order valence-corrected chi connectivity index (χ1v) is 7.55. The molecular weight excluding hydrogens is 267 g/mol. The molecule has 0 radical (unpaired) electrons. The van der Waals surface area contributed by atoms with Gasteiger partial charge in [-0.1, -0.05) is 61.4 Å². The van der Waals surface area contributed by atoms with Gasteiger partial charge in [0.25, 0.3) is 0 Å². The largest absolute Gasteiger partial charge is 0.388 e. The topological polar surface area (TPSA) is 20.2 Å². The predicted octanol–water partition coefficient (Wildman–Crippen LogP) is 5.39. The summed E-state index contributed by atoms with van der Waals surface area (Å²) in [4.78, 5) is 0. The highest BCUT2D eigenvalue weighted by atomic mass is 35.5. The molecule has 0 bridgehead atoms. The lowest BCUT2D eigenvalue weighted by Crippen LogP contribution is -2.08. The van der Waals surface area contributed by atoms with Gasteiger partial charge in [0.05, 0.1) is 16.1 Å². The monoisotopic (exact) mass is 286 g/mol. The van der Waals surface area contributed by atoms with E-state index in [2.05, 4.69) is 0 Å². The summed E-state index contributed by atoms with van der Waals surface area (Å²) >= 11 is 11.8. The van der Waals surface area contributed by atoms with Crippen molar-refractivity contribution in [2.75, 3.05) is 0 Å². The van der Waals surface area contributed by atoms with Crippen LogP contribution in [0.5, 0.6) is 0 Å². The highest BCUT2D eigenvalue weighted by molar-refractivity contribution is 6.42. The summed E-state index contributed by atoms with van der Waals surface area (Å²) < 4.78 is 0. The average Bonchev–Trinajstić information content (AvgIpc) is 2.40. The Hall–Kier alpha value is -0.240. The zero-order valence-corrected chi connectivity index (χ0v) is 12.1. The second-order valence-corrected chi connectivity index (χ2v) is 6.09. The normalized spacial score (nSPS) is 18.8. The summed E-state index contributed by atoms with van der Waals surface area (Å²) in [6.45, 7) is 0. The zero-order chi connectivity index (χ0) is 13.0. The molecule has 1 fully saturated rings. The molecule has 0 heterocycles. The van der Waals surface area contributed by atoms with Crippen LogP contribution < -0.4 is 0 Å². The van der Waals surface area contributed by atoms with Crippen molar-refractivity contribution >= 4 is 23.2 Å². The first-order valence-electron chi connectivity index (χ1n) is 6.80. The van der Waals surface area contributed by atoms with Crippen molar-refractivity contribution in [1.29, 1.82) is 0 Å². The lowest BCUT2D eigenvalue weighted by molar-refractivity contribution is 0.151. The van der Waals surface area contributed by atoms with E-state index in [1.54, 1.807) is 12.1 Å². The van der Waals surface area contributed by atoms with Crippen molar-refractivity contribution in [2.24, 2.45) is 5.92 Å². The highest BCUT2D eigenvalue weighted by Crippen LogP contribution is 2.32. The third-order valence-corrected chi connectivity index (χ3v) is 4.64. The molecule has 1 nitrogen and oxygen atoms in total. The Morgan fingerprint density at radius 3 is 2.50 bits per heavy atom. The average molecular weight is 287 g/mol. The van der Waals surface area contributed by atoms with Gasteiger partial charge in [0.2, 0.25) is 0 Å². The number of benzene rings is 1. The third-order valence-electron chi connectivity index (χ3n) is 3.90. The first kappa shape index (κ1) is 14.2. The van der Waals surface area contributed by atoms with Gasteiger partial charge in [-0.25, -0.2) is 0 Å². The van der Waals surface area contributed by atoms with Crippen LogP contribution >= 0.6 is 23.2 Å². The van der Waals surface area contributed by atoms with E-state index >= 15 is 0 Å². The Morgan fingerprint density at radius 1 is 1.11 bits per heavy atom. The fourth-order valence-electron chi connectivity index (χ4n) is 2.76.